The van der Waals surface area contributed by atoms with E-state index in [0.717, 1.165) is 30.4 Å². The summed E-state index contributed by atoms with van der Waals surface area (Å²) in [6.07, 6.45) is 0.867. The van der Waals surface area contributed by atoms with E-state index in [9.17, 15) is 0 Å². The van der Waals surface area contributed by atoms with Crippen molar-refractivity contribution in [1.82, 2.24) is 10.2 Å². The van der Waals surface area contributed by atoms with Crippen LogP contribution >= 0.6 is 11.3 Å². The first-order chi connectivity index (χ1) is 13.1. The predicted octanol–water partition coefficient (Wildman–Crippen LogP) is 3.45. The number of nitrogens with zero attached hydrogens (tertiary/aromatic N) is 2. The van der Waals surface area contributed by atoms with Crippen LogP contribution in [0, 0.1) is 0 Å². The third kappa shape index (κ3) is 7.21. The van der Waals surface area contributed by atoms with Crippen LogP contribution in [0.15, 0.2) is 46.8 Å². The SMILES string of the molecule is CN=C(NCC(c1cccs1)N(C)C)Nc1cccc(OCCCOC)c1. The van der Waals surface area contributed by atoms with Crippen molar-refractivity contribution in [3.05, 3.63) is 46.7 Å². The maximum atomic E-state index is 5.76. The molecule has 27 heavy (non-hydrogen) atoms. The molecular weight excluding hydrogens is 360 g/mol. The summed E-state index contributed by atoms with van der Waals surface area (Å²) in [7, 11) is 7.65. The molecule has 2 aromatic rings. The summed E-state index contributed by atoms with van der Waals surface area (Å²) < 4.78 is 10.8. The summed E-state index contributed by atoms with van der Waals surface area (Å²) in [6, 6.07) is 12.4. The van der Waals surface area contributed by atoms with Gasteiger partial charge in [-0.1, -0.05) is 12.1 Å². The molecule has 0 spiro atoms. The van der Waals surface area contributed by atoms with Crippen LogP contribution in [0.3, 0.4) is 0 Å². The lowest BCUT2D eigenvalue weighted by molar-refractivity contribution is 0.172. The molecule has 6 nitrogen and oxygen atoms in total. The summed E-state index contributed by atoms with van der Waals surface area (Å²) in [6.45, 7) is 2.10. The van der Waals surface area contributed by atoms with Crippen LogP contribution < -0.4 is 15.4 Å². The van der Waals surface area contributed by atoms with Crippen LogP contribution in [0.2, 0.25) is 0 Å². The van der Waals surface area contributed by atoms with Gasteiger partial charge in [-0.3, -0.25) is 4.99 Å². The van der Waals surface area contributed by atoms with Crippen molar-refractivity contribution >= 4 is 23.0 Å². The number of ether oxygens (including phenoxy) is 2. The number of nitrogens with one attached hydrogen (secondary N) is 2. The monoisotopic (exact) mass is 390 g/mol. The molecule has 0 aliphatic heterocycles. The Kier molecular flexibility index (Phi) is 9.10. The lowest BCUT2D eigenvalue weighted by atomic mass is 10.2. The number of hydrogen-bond acceptors (Lipinski definition) is 5. The fraction of sp³-hybridized carbons (Fsp3) is 0.450. The molecule has 1 unspecified atom stereocenters. The summed E-state index contributed by atoms with van der Waals surface area (Å²) in [5.41, 5.74) is 0.935. The molecule has 148 valence electrons. The number of benzene rings is 1. The Bertz CT molecular complexity index is 689. The topological polar surface area (TPSA) is 58.1 Å². The molecule has 0 bridgehead atoms. The van der Waals surface area contributed by atoms with Gasteiger partial charge < -0.3 is 25.0 Å². The number of anilines is 1. The number of thiophene rings is 1. The molecule has 0 amide bonds. The van der Waals surface area contributed by atoms with Crippen LogP contribution in [0.4, 0.5) is 5.69 Å². The zero-order chi connectivity index (χ0) is 19.5. The zero-order valence-corrected chi connectivity index (χ0v) is 17.4. The van der Waals surface area contributed by atoms with Gasteiger partial charge in [-0.05, 0) is 37.7 Å². The second-order valence-corrected chi connectivity index (χ2v) is 7.27. The second kappa shape index (κ2) is 11.6. The van der Waals surface area contributed by atoms with E-state index >= 15 is 0 Å². The predicted molar refractivity (Wildman–Crippen MR) is 114 cm³/mol. The van der Waals surface area contributed by atoms with E-state index in [1.807, 2.05) is 24.3 Å². The molecule has 0 radical (unpaired) electrons. The van der Waals surface area contributed by atoms with Gasteiger partial charge in [-0.2, -0.15) is 0 Å². The molecule has 1 heterocycles. The van der Waals surface area contributed by atoms with Gasteiger partial charge in [-0.15, -0.1) is 11.3 Å². The summed E-state index contributed by atoms with van der Waals surface area (Å²) >= 11 is 1.77. The van der Waals surface area contributed by atoms with E-state index in [4.69, 9.17) is 9.47 Å². The minimum Gasteiger partial charge on any atom is -0.493 e. The molecule has 1 aromatic heterocycles. The van der Waals surface area contributed by atoms with Crippen molar-refractivity contribution in [2.45, 2.75) is 12.5 Å². The van der Waals surface area contributed by atoms with Gasteiger partial charge in [0.2, 0.25) is 0 Å². The van der Waals surface area contributed by atoms with Crippen molar-refractivity contribution in [1.29, 1.82) is 0 Å². The average molecular weight is 391 g/mol. The highest BCUT2D eigenvalue weighted by Crippen LogP contribution is 2.22. The zero-order valence-electron chi connectivity index (χ0n) is 16.6. The Morgan fingerprint density at radius 3 is 2.74 bits per heavy atom. The number of hydrogen-bond donors (Lipinski definition) is 2. The standard InChI is InChI=1S/C20H30N4O2S/c1-21-20(22-15-18(24(2)3)19-10-6-13-27-19)23-16-8-5-9-17(14-16)26-12-7-11-25-4/h5-6,8-10,13-14,18H,7,11-12,15H2,1-4H3,(H2,21,22,23). The molecular formula is C20H30N4O2S. The van der Waals surface area contributed by atoms with Crippen LogP contribution in [0.5, 0.6) is 5.75 Å². The quantitative estimate of drug-likeness (QED) is 0.370. The smallest absolute Gasteiger partial charge is 0.195 e. The van der Waals surface area contributed by atoms with Crippen LogP contribution in [0.25, 0.3) is 0 Å². The molecule has 7 heteroatoms. The summed E-state index contributed by atoms with van der Waals surface area (Å²) in [5.74, 6) is 1.56. The molecule has 0 fully saturated rings. The Balaban J connectivity index is 1.90. The molecule has 0 aliphatic carbocycles. The highest BCUT2D eigenvalue weighted by molar-refractivity contribution is 7.10. The Morgan fingerprint density at radius 1 is 1.22 bits per heavy atom. The molecule has 0 aliphatic rings. The Labute approximate surface area is 166 Å². The van der Waals surface area contributed by atoms with Crippen molar-refractivity contribution in [2.24, 2.45) is 4.99 Å². The number of guanidine groups is 1. The first-order valence-corrected chi connectivity index (χ1v) is 9.91. The molecule has 2 rings (SSSR count). The third-order valence-corrected chi connectivity index (χ3v) is 5.01. The van der Waals surface area contributed by atoms with Gasteiger partial charge >= 0.3 is 0 Å². The van der Waals surface area contributed by atoms with E-state index < -0.39 is 0 Å². The average Bonchev–Trinajstić information content (AvgIpc) is 3.19. The Morgan fingerprint density at radius 2 is 2.07 bits per heavy atom. The van der Waals surface area contributed by atoms with Crippen LogP contribution in [-0.4, -0.2) is 58.9 Å². The first kappa shape index (κ1) is 21.2. The minimum atomic E-state index is 0.291. The van der Waals surface area contributed by atoms with Gasteiger partial charge in [0.05, 0.1) is 12.6 Å². The molecule has 2 N–H and O–H groups in total. The number of rotatable bonds is 10. The lowest BCUT2D eigenvalue weighted by Crippen LogP contribution is -2.37. The van der Waals surface area contributed by atoms with Gasteiger partial charge in [0.15, 0.2) is 5.96 Å². The maximum absolute atomic E-state index is 5.76. The number of likely N-dealkylation sites (N-methyl/N-ethyl adjacent to an activating group) is 1. The van der Waals surface area contributed by atoms with E-state index in [0.29, 0.717) is 19.3 Å². The van der Waals surface area contributed by atoms with E-state index in [-0.39, 0.29) is 0 Å². The summed E-state index contributed by atoms with van der Waals surface area (Å²) in [4.78, 5) is 7.87. The Hall–Kier alpha value is -2.09. The fourth-order valence-electron chi connectivity index (χ4n) is 2.58. The fourth-order valence-corrected chi connectivity index (χ4v) is 3.51. The van der Waals surface area contributed by atoms with Gasteiger partial charge in [0.25, 0.3) is 0 Å². The van der Waals surface area contributed by atoms with E-state index in [2.05, 4.69) is 52.1 Å². The van der Waals surface area contributed by atoms with Crippen LogP contribution in [0.1, 0.15) is 17.3 Å². The normalized spacial score (nSPS) is 12.9. The van der Waals surface area contributed by atoms with Crippen molar-refractivity contribution in [3.8, 4) is 5.75 Å². The van der Waals surface area contributed by atoms with E-state index in [1.165, 1.54) is 4.88 Å². The lowest BCUT2D eigenvalue weighted by Gasteiger charge is -2.24. The van der Waals surface area contributed by atoms with Crippen molar-refractivity contribution in [3.63, 3.8) is 0 Å². The largest absolute Gasteiger partial charge is 0.493 e. The van der Waals surface area contributed by atoms with Gasteiger partial charge in [0.1, 0.15) is 5.75 Å². The maximum Gasteiger partial charge on any atom is 0.195 e. The van der Waals surface area contributed by atoms with E-state index in [1.54, 1.807) is 25.5 Å². The van der Waals surface area contributed by atoms with Gasteiger partial charge in [-0.25, -0.2) is 0 Å². The second-order valence-electron chi connectivity index (χ2n) is 6.30. The highest BCUT2D eigenvalue weighted by atomic mass is 32.1. The molecule has 1 atom stereocenters. The number of methoxy groups -OCH3 is 1. The van der Waals surface area contributed by atoms with Crippen molar-refractivity contribution in [2.75, 3.05) is 53.3 Å². The molecule has 1 aromatic carbocycles. The number of aliphatic imine (C=N–C) groups is 1. The molecule has 0 saturated carbocycles. The third-order valence-electron chi connectivity index (χ3n) is 4.04. The van der Waals surface area contributed by atoms with Crippen molar-refractivity contribution < 1.29 is 9.47 Å². The summed E-state index contributed by atoms with van der Waals surface area (Å²) in [5, 5.41) is 8.85. The minimum absolute atomic E-state index is 0.291. The van der Waals surface area contributed by atoms with Crippen LogP contribution in [-0.2, 0) is 4.74 Å². The first-order valence-electron chi connectivity index (χ1n) is 9.03. The highest BCUT2D eigenvalue weighted by Gasteiger charge is 2.15. The van der Waals surface area contributed by atoms with Gasteiger partial charge in [0, 0.05) is 50.4 Å². The molecule has 0 saturated heterocycles.